The van der Waals surface area contributed by atoms with Gasteiger partial charge >= 0.3 is 0 Å². The Bertz CT molecular complexity index is 550. The molecule has 19 heavy (non-hydrogen) atoms. The van der Waals surface area contributed by atoms with E-state index in [1.54, 1.807) is 11.8 Å². The van der Waals surface area contributed by atoms with Gasteiger partial charge in [-0.1, -0.05) is 11.6 Å². The van der Waals surface area contributed by atoms with Crippen LogP contribution in [0, 0.1) is 23.0 Å². The first-order chi connectivity index (χ1) is 8.93. The van der Waals surface area contributed by atoms with Gasteiger partial charge in [0.1, 0.15) is 5.02 Å². The third-order valence-corrected chi connectivity index (χ3v) is 4.04. The maximum absolute atomic E-state index is 11.9. The number of halogens is 1. The van der Waals surface area contributed by atoms with E-state index in [1.165, 1.54) is 12.1 Å². The van der Waals surface area contributed by atoms with Crippen molar-refractivity contribution in [3.05, 3.63) is 32.8 Å². The Labute approximate surface area is 121 Å². The van der Waals surface area contributed by atoms with E-state index in [-0.39, 0.29) is 22.5 Å². The van der Waals surface area contributed by atoms with Crippen LogP contribution in [0.3, 0.4) is 0 Å². The first-order valence-corrected chi connectivity index (χ1v) is 6.80. The van der Waals surface area contributed by atoms with E-state index >= 15 is 0 Å². The van der Waals surface area contributed by atoms with Crippen LogP contribution in [0.2, 0.25) is 5.02 Å². The fourth-order valence-electron chi connectivity index (χ4n) is 2.22. The van der Waals surface area contributed by atoms with Crippen LogP contribution in [-0.4, -0.2) is 23.1 Å². The van der Waals surface area contributed by atoms with Gasteiger partial charge in [-0.15, -0.1) is 0 Å². The molecule has 1 aliphatic rings. The van der Waals surface area contributed by atoms with Crippen LogP contribution < -0.4 is 4.90 Å². The molecule has 1 heterocycles. The van der Waals surface area contributed by atoms with Crippen LogP contribution in [0.4, 0.5) is 11.4 Å². The molecule has 0 N–H and O–H groups in total. The predicted octanol–water partition coefficient (Wildman–Crippen LogP) is 2.84. The lowest BCUT2D eigenvalue weighted by atomic mass is 10.1. The number of anilines is 1. The number of benzene rings is 1. The van der Waals surface area contributed by atoms with Gasteiger partial charge < -0.3 is 4.90 Å². The molecule has 0 bridgehead atoms. The van der Waals surface area contributed by atoms with Crippen molar-refractivity contribution in [2.75, 3.05) is 17.2 Å². The van der Waals surface area contributed by atoms with Crippen molar-refractivity contribution >= 4 is 41.5 Å². The summed E-state index contributed by atoms with van der Waals surface area (Å²) in [4.78, 5) is 23.8. The summed E-state index contributed by atoms with van der Waals surface area (Å²) in [5.41, 5.74) is 1.18. The minimum absolute atomic E-state index is 0.00655. The van der Waals surface area contributed by atoms with Gasteiger partial charge in [0.05, 0.1) is 4.92 Å². The number of nitro benzene ring substituents is 1. The molecule has 1 aromatic rings. The largest absolute Gasteiger partial charge is 0.312 e. The second-order valence-corrected chi connectivity index (χ2v) is 5.38. The van der Waals surface area contributed by atoms with E-state index in [2.05, 4.69) is 12.6 Å². The molecule has 1 saturated heterocycles. The number of thiol groups is 1. The minimum atomic E-state index is -0.526. The van der Waals surface area contributed by atoms with Crippen LogP contribution in [-0.2, 0) is 4.79 Å². The summed E-state index contributed by atoms with van der Waals surface area (Å²) in [6.45, 7) is 2.32. The van der Waals surface area contributed by atoms with Gasteiger partial charge in [-0.25, -0.2) is 0 Å². The molecule has 1 amide bonds. The monoisotopic (exact) mass is 300 g/mol. The van der Waals surface area contributed by atoms with Gasteiger partial charge in [-0.2, -0.15) is 12.6 Å². The van der Waals surface area contributed by atoms with Crippen molar-refractivity contribution in [1.29, 1.82) is 0 Å². The average molecular weight is 301 g/mol. The summed E-state index contributed by atoms with van der Waals surface area (Å²) in [5, 5.41) is 10.8. The van der Waals surface area contributed by atoms with E-state index in [4.69, 9.17) is 11.6 Å². The molecular weight excluding hydrogens is 288 g/mol. The molecule has 0 radical (unpaired) electrons. The predicted molar refractivity (Wildman–Crippen MR) is 77.2 cm³/mol. The zero-order valence-corrected chi connectivity index (χ0v) is 11.9. The van der Waals surface area contributed by atoms with Gasteiger partial charge in [0.2, 0.25) is 5.91 Å². The lowest BCUT2D eigenvalue weighted by molar-refractivity contribution is -0.384. The van der Waals surface area contributed by atoms with Crippen LogP contribution >= 0.6 is 24.2 Å². The van der Waals surface area contributed by atoms with E-state index in [1.807, 2.05) is 0 Å². The summed E-state index contributed by atoms with van der Waals surface area (Å²) < 4.78 is 0. The number of hydrogen-bond acceptors (Lipinski definition) is 4. The maximum atomic E-state index is 11.9. The molecule has 5 nitrogen and oxygen atoms in total. The molecule has 7 heteroatoms. The Hall–Kier alpha value is -1.27. The molecule has 0 spiro atoms. The highest BCUT2D eigenvalue weighted by Gasteiger charge is 2.31. The normalized spacial score (nSPS) is 19.0. The lowest BCUT2D eigenvalue weighted by Crippen LogP contribution is -2.25. The lowest BCUT2D eigenvalue weighted by Gasteiger charge is -2.19. The van der Waals surface area contributed by atoms with Crippen molar-refractivity contribution in [2.24, 2.45) is 5.92 Å². The molecule has 1 unspecified atom stereocenters. The highest BCUT2D eigenvalue weighted by molar-refractivity contribution is 7.80. The third-order valence-electron chi connectivity index (χ3n) is 3.22. The number of carbonyl (C=O) groups excluding carboxylic acids is 1. The van der Waals surface area contributed by atoms with E-state index in [9.17, 15) is 14.9 Å². The van der Waals surface area contributed by atoms with Crippen molar-refractivity contribution in [3.63, 3.8) is 0 Å². The summed E-state index contributed by atoms with van der Waals surface area (Å²) in [6, 6.07) is 2.90. The topological polar surface area (TPSA) is 63.5 Å². The molecule has 2 rings (SSSR count). The first kappa shape index (κ1) is 14.1. The number of hydrogen-bond donors (Lipinski definition) is 1. The van der Waals surface area contributed by atoms with E-state index in [0.717, 1.165) is 0 Å². The molecule has 1 aliphatic heterocycles. The van der Waals surface area contributed by atoms with Gasteiger partial charge in [0, 0.05) is 24.7 Å². The number of amides is 1. The number of nitro groups is 1. The van der Waals surface area contributed by atoms with Gasteiger partial charge in [0.25, 0.3) is 5.69 Å². The van der Waals surface area contributed by atoms with E-state index < -0.39 is 4.92 Å². The molecular formula is C12H13ClN2O3S. The Balaban J connectivity index is 2.39. The van der Waals surface area contributed by atoms with Gasteiger partial charge in [0.15, 0.2) is 0 Å². The summed E-state index contributed by atoms with van der Waals surface area (Å²) >= 11 is 10.1. The van der Waals surface area contributed by atoms with Crippen LogP contribution in [0.1, 0.15) is 12.0 Å². The van der Waals surface area contributed by atoms with Crippen LogP contribution in [0.25, 0.3) is 0 Å². The van der Waals surface area contributed by atoms with Crippen molar-refractivity contribution in [3.8, 4) is 0 Å². The summed E-state index contributed by atoms with van der Waals surface area (Å²) in [6.07, 6.45) is 0.456. The molecule has 102 valence electrons. The summed E-state index contributed by atoms with van der Waals surface area (Å²) in [7, 11) is 0. The Morgan fingerprint density at radius 2 is 2.26 bits per heavy atom. The zero-order valence-electron chi connectivity index (χ0n) is 10.3. The molecule has 1 fully saturated rings. The number of nitrogens with zero attached hydrogens (tertiary/aromatic N) is 2. The van der Waals surface area contributed by atoms with Crippen molar-refractivity contribution in [1.82, 2.24) is 0 Å². The minimum Gasteiger partial charge on any atom is -0.312 e. The average Bonchev–Trinajstić information content (AvgIpc) is 2.72. The molecule has 0 saturated carbocycles. The fourth-order valence-corrected chi connectivity index (χ4v) is 2.69. The second-order valence-electron chi connectivity index (χ2n) is 4.60. The number of carbonyl (C=O) groups is 1. The summed E-state index contributed by atoms with van der Waals surface area (Å²) in [5.74, 6) is 0.860. The van der Waals surface area contributed by atoms with Gasteiger partial charge in [-0.3, -0.25) is 14.9 Å². The number of rotatable bonds is 3. The quantitative estimate of drug-likeness (QED) is 0.530. The molecule has 0 aliphatic carbocycles. The Morgan fingerprint density at radius 3 is 2.79 bits per heavy atom. The van der Waals surface area contributed by atoms with Crippen molar-refractivity contribution in [2.45, 2.75) is 13.3 Å². The number of aryl methyl sites for hydroxylation is 1. The smallest absolute Gasteiger partial charge is 0.288 e. The molecule has 1 aromatic carbocycles. The standard InChI is InChI=1S/C12H13ClN2O3S/c1-7-2-11(15(17)18)9(13)4-10(7)14-5-8(6-19)3-12(14)16/h2,4,8,19H,3,5-6H2,1H3. The van der Waals surface area contributed by atoms with Crippen LogP contribution in [0.15, 0.2) is 12.1 Å². The van der Waals surface area contributed by atoms with Crippen LogP contribution in [0.5, 0.6) is 0 Å². The maximum Gasteiger partial charge on any atom is 0.288 e. The highest BCUT2D eigenvalue weighted by Crippen LogP contribution is 2.35. The molecule has 1 atom stereocenters. The first-order valence-electron chi connectivity index (χ1n) is 5.79. The third kappa shape index (κ3) is 2.69. The Kier molecular flexibility index (Phi) is 4.01. The molecule has 0 aromatic heterocycles. The van der Waals surface area contributed by atoms with Crippen molar-refractivity contribution < 1.29 is 9.72 Å². The van der Waals surface area contributed by atoms with E-state index in [0.29, 0.717) is 30.0 Å². The fraction of sp³-hybridized carbons (Fsp3) is 0.417. The Morgan fingerprint density at radius 1 is 1.58 bits per heavy atom. The highest BCUT2D eigenvalue weighted by atomic mass is 35.5. The SMILES string of the molecule is Cc1cc([N+](=O)[O-])c(Cl)cc1N1CC(CS)CC1=O. The second kappa shape index (κ2) is 5.38. The zero-order chi connectivity index (χ0) is 14.2. The van der Waals surface area contributed by atoms with Gasteiger partial charge in [-0.05, 0) is 30.2 Å².